The predicted octanol–water partition coefficient (Wildman–Crippen LogP) is 1.28. The molecule has 1 heterocycles. The molecule has 1 aromatic carbocycles. The van der Waals surface area contributed by atoms with Gasteiger partial charge in [-0.05, 0) is 25.5 Å². The van der Waals surface area contributed by atoms with Crippen LogP contribution >= 0.6 is 0 Å². The van der Waals surface area contributed by atoms with Gasteiger partial charge in [-0.25, -0.2) is 4.79 Å². The minimum Gasteiger partial charge on any atom is -0.497 e. The number of nitrogens with zero attached hydrogens (tertiary/aromatic N) is 1. The lowest BCUT2D eigenvalue weighted by Gasteiger charge is -2.22. The number of likely N-dealkylation sites (tertiary alicyclic amines) is 1. The molecule has 0 radical (unpaired) electrons. The van der Waals surface area contributed by atoms with Gasteiger partial charge in [0, 0.05) is 24.7 Å². The van der Waals surface area contributed by atoms with E-state index in [2.05, 4.69) is 5.32 Å². The molecule has 1 aliphatic heterocycles. The maximum absolute atomic E-state index is 12.3. The largest absolute Gasteiger partial charge is 0.497 e. The number of nitrogens with one attached hydrogen (secondary N) is 1. The van der Waals surface area contributed by atoms with Gasteiger partial charge in [0.15, 0.2) is 0 Å². The van der Waals surface area contributed by atoms with E-state index in [9.17, 15) is 9.59 Å². The van der Waals surface area contributed by atoms with E-state index in [0.717, 1.165) is 5.56 Å². The molecule has 7 nitrogen and oxygen atoms in total. The maximum atomic E-state index is 12.3. The molecule has 0 aliphatic carbocycles. The minimum absolute atomic E-state index is 0.209. The van der Waals surface area contributed by atoms with Gasteiger partial charge < -0.3 is 25.4 Å². The molecule has 0 bridgehead atoms. The van der Waals surface area contributed by atoms with Gasteiger partial charge in [0.25, 0.3) is 0 Å². The van der Waals surface area contributed by atoms with Crippen molar-refractivity contribution < 1.29 is 19.1 Å². The van der Waals surface area contributed by atoms with Gasteiger partial charge in [-0.3, -0.25) is 4.79 Å². The summed E-state index contributed by atoms with van der Waals surface area (Å²) in [6.07, 6.45) is 0.614. The first kappa shape index (κ1) is 16.9. The summed E-state index contributed by atoms with van der Waals surface area (Å²) in [7, 11) is 3.16. The first-order chi connectivity index (χ1) is 11.0. The fraction of sp³-hybridized carbons (Fsp3) is 0.500. The summed E-state index contributed by atoms with van der Waals surface area (Å²) in [5.41, 5.74) is 6.15. The highest BCUT2D eigenvalue weighted by molar-refractivity contribution is 5.80. The summed E-state index contributed by atoms with van der Waals surface area (Å²) < 4.78 is 10.5. The van der Waals surface area contributed by atoms with E-state index in [4.69, 9.17) is 15.2 Å². The van der Waals surface area contributed by atoms with E-state index in [0.29, 0.717) is 31.0 Å². The van der Waals surface area contributed by atoms with Crippen molar-refractivity contribution in [1.29, 1.82) is 0 Å². The Labute approximate surface area is 135 Å². The van der Waals surface area contributed by atoms with Crippen molar-refractivity contribution in [3.8, 4) is 11.5 Å². The third-order valence-electron chi connectivity index (χ3n) is 4.12. The molecular weight excluding hydrogens is 298 g/mol. The number of rotatable bonds is 5. The van der Waals surface area contributed by atoms with Crippen LogP contribution < -0.4 is 20.5 Å². The minimum atomic E-state index is -0.356. The standard InChI is InChI=1S/C16H23N3O4/c1-10(13-5-4-12(22-2)8-14(13)23-3)18-16(21)19-7-6-11(9-19)15(17)20/h4-5,8,10-11H,6-7,9H2,1-3H3,(H2,17,20)(H,18,21)/t10-,11+/m0/s1. The molecule has 3 N–H and O–H groups in total. The van der Waals surface area contributed by atoms with Gasteiger partial charge in [-0.1, -0.05) is 0 Å². The molecule has 2 atom stereocenters. The topological polar surface area (TPSA) is 93.9 Å². The lowest BCUT2D eigenvalue weighted by Crippen LogP contribution is -2.40. The van der Waals surface area contributed by atoms with Crippen LogP contribution in [0.15, 0.2) is 18.2 Å². The van der Waals surface area contributed by atoms with Crippen molar-refractivity contribution in [2.75, 3.05) is 27.3 Å². The van der Waals surface area contributed by atoms with Crippen LogP contribution in [0.25, 0.3) is 0 Å². The van der Waals surface area contributed by atoms with Crippen LogP contribution in [0.4, 0.5) is 4.79 Å². The zero-order valence-corrected chi connectivity index (χ0v) is 13.7. The number of methoxy groups -OCH3 is 2. The molecule has 7 heteroatoms. The number of carbonyl (C=O) groups excluding carboxylic acids is 2. The van der Waals surface area contributed by atoms with Gasteiger partial charge in [0.2, 0.25) is 5.91 Å². The van der Waals surface area contributed by atoms with Crippen molar-refractivity contribution in [1.82, 2.24) is 10.2 Å². The summed E-state index contributed by atoms with van der Waals surface area (Å²) in [5, 5.41) is 2.92. The van der Waals surface area contributed by atoms with E-state index in [1.165, 1.54) is 0 Å². The number of hydrogen-bond donors (Lipinski definition) is 2. The number of hydrogen-bond acceptors (Lipinski definition) is 4. The van der Waals surface area contributed by atoms with E-state index in [1.54, 1.807) is 25.2 Å². The predicted molar refractivity (Wildman–Crippen MR) is 85.4 cm³/mol. The molecule has 1 aromatic rings. The lowest BCUT2D eigenvalue weighted by atomic mass is 10.1. The maximum Gasteiger partial charge on any atom is 0.317 e. The average Bonchev–Trinajstić information content (AvgIpc) is 3.04. The van der Waals surface area contributed by atoms with Crippen molar-refractivity contribution in [2.45, 2.75) is 19.4 Å². The highest BCUT2D eigenvalue weighted by atomic mass is 16.5. The quantitative estimate of drug-likeness (QED) is 0.854. The smallest absolute Gasteiger partial charge is 0.317 e. The van der Waals surface area contributed by atoms with Gasteiger partial charge in [-0.2, -0.15) is 0 Å². The molecule has 1 aliphatic rings. The highest BCUT2D eigenvalue weighted by Crippen LogP contribution is 2.29. The Bertz CT molecular complexity index is 591. The first-order valence-electron chi connectivity index (χ1n) is 7.53. The molecule has 0 aromatic heterocycles. The highest BCUT2D eigenvalue weighted by Gasteiger charge is 2.30. The average molecular weight is 321 g/mol. The summed E-state index contributed by atoms with van der Waals surface area (Å²) >= 11 is 0. The second-order valence-electron chi connectivity index (χ2n) is 5.61. The summed E-state index contributed by atoms with van der Waals surface area (Å²) in [5.74, 6) is 0.721. The zero-order valence-electron chi connectivity index (χ0n) is 13.7. The molecule has 23 heavy (non-hydrogen) atoms. The van der Waals surface area contributed by atoms with Crippen LogP contribution in [0.2, 0.25) is 0 Å². The van der Waals surface area contributed by atoms with Crippen LogP contribution in [-0.4, -0.2) is 44.1 Å². The SMILES string of the molecule is COc1ccc([C@H](C)NC(=O)N2CC[C@@H](C(N)=O)C2)c(OC)c1. The molecule has 1 saturated heterocycles. The van der Waals surface area contributed by atoms with Gasteiger partial charge in [0.1, 0.15) is 11.5 Å². The number of primary amides is 1. The van der Waals surface area contributed by atoms with Crippen molar-refractivity contribution in [3.05, 3.63) is 23.8 Å². The normalized spacial score (nSPS) is 18.4. The van der Waals surface area contributed by atoms with Crippen LogP contribution in [0, 0.1) is 5.92 Å². The Kier molecular flexibility index (Phi) is 5.31. The van der Waals surface area contributed by atoms with Crippen molar-refractivity contribution in [2.24, 2.45) is 11.7 Å². The third kappa shape index (κ3) is 3.85. The summed E-state index contributed by atoms with van der Waals surface area (Å²) in [6.45, 7) is 2.78. The van der Waals surface area contributed by atoms with Crippen LogP contribution in [0.5, 0.6) is 11.5 Å². The van der Waals surface area contributed by atoms with Crippen LogP contribution in [-0.2, 0) is 4.79 Å². The number of amides is 3. The van der Waals surface area contributed by atoms with Gasteiger partial charge >= 0.3 is 6.03 Å². The Balaban J connectivity index is 2.03. The Morgan fingerprint density at radius 1 is 1.35 bits per heavy atom. The number of nitrogens with two attached hydrogens (primary N) is 1. The van der Waals surface area contributed by atoms with Crippen molar-refractivity contribution >= 4 is 11.9 Å². The second kappa shape index (κ2) is 7.21. The number of carbonyl (C=O) groups is 2. The summed E-state index contributed by atoms with van der Waals surface area (Å²) in [4.78, 5) is 25.1. The molecule has 0 unspecified atom stereocenters. The Morgan fingerprint density at radius 3 is 2.65 bits per heavy atom. The molecule has 2 rings (SSSR count). The Morgan fingerprint density at radius 2 is 2.09 bits per heavy atom. The molecular formula is C16H23N3O4. The lowest BCUT2D eigenvalue weighted by molar-refractivity contribution is -0.121. The Hall–Kier alpha value is -2.44. The number of urea groups is 1. The fourth-order valence-corrected chi connectivity index (χ4v) is 2.71. The molecule has 1 fully saturated rings. The van der Waals surface area contributed by atoms with Gasteiger partial charge in [-0.15, -0.1) is 0 Å². The van der Waals surface area contributed by atoms with Crippen LogP contribution in [0.1, 0.15) is 24.9 Å². The monoisotopic (exact) mass is 321 g/mol. The number of ether oxygens (including phenoxy) is 2. The van der Waals surface area contributed by atoms with E-state index in [1.807, 2.05) is 19.1 Å². The molecule has 0 spiro atoms. The van der Waals surface area contributed by atoms with Crippen molar-refractivity contribution in [3.63, 3.8) is 0 Å². The van der Waals surface area contributed by atoms with Gasteiger partial charge in [0.05, 0.1) is 26.2 Å². The second-order valence-corrected chi connectivity index (χ2v) is 5.61. The van der Waals surface area contributed by atoms with E-state index < -0.39 is 0 Å². The van der Waals surface area contributed by atoms with E-state index in [-0.39, 0.29) is 23.9 Å². The number of benzene rings is 1. The first-order valence-corrected chi connectivity index (χ1v) is 7.53. The molecule has 0 saturated carbocycles. The van der Waals surface area contributed by atoms with E-state index >= 15 is 0 Å². The molecule has 3 amide bonds. The fourth-order valence-electron chi connectivity index (χ4n) is 2.71. The zero-order chi connectivity index (χ0) is 17.0. The summed E-state index contributed by atoms with van der Waals surface area (Å²) in [6, 6.07) is 5.00. The third-order valence-corrected chi connectivity index (χ3v) is 4.12. The van der Waals surface area contributed by atoms with Crippen LogP contribution in [0.3, 0.4) is 0 Å². The molecule has 126 valence electrons.